The van der Waals surface area contributed by atoms with Gasteiger partial charge >= 0.3 is 11.8 Å². The lowest BCUT2D eigenvalue weighted by molar-refractivity contribution is -0.139. The number of rotatable bonds is 7. The van der Waals surface area contributed by atoms with Crippen LogP contribution in [0.15, 0.2) is 53.4 Å². The van der Waals surface area contributed by atoms with Crippen LogP contribution in [0.2, 0.25) is 0 Å². The number of carbonyl (C=O) groups excluding carboxylic acids is 2. The quantitative estimate of drug-likeness (QED) is 0.586. The lowest BCUT2D eigenvalue weighted by Gasteiger charge is -2.08. The first-order valence-electron chi connectivity index (χ1n) is 8.10. The standard InChI is InChI=1S/C18H21N3O5S/c1-26-15-6-2-13(3-7-15)10-11-20-17(22)18(23)21-12-14-4-8-16(9-5-14)27(19,24)25/h2-9H,10-12H2,1H3,(H,20,22)(H,21,23)(H2,19,24,25). The highest BCUT2D eigenvalue weighted by Gasteiger charge is 2.13. The Morgan fingerprint density at radius 3 is 2.04 bits per heavy atom. The van der Waals surface area contributed by atoms with Crippen LogP contribution in [-0.4, -0.2) is 33.9 Å². The first-order chi connectivity index (χ1) is 12.8. The van der Waals surface area contributed by atoms with E-state index in [1.165, 1.54) is 24.3 Å². The van der Waals surface area contributed by atoms with Crippen LogP contribution in [0.25, 0.3) is 0 Å². The van der Waals surface area contributed by atoms with Crippen LogP contribution >= 0.6 is 0 Å². The van der Waals surface area contributed by atoms with E-state index < -0.39 is 21.8 Å². The molecule has 4 N–H and O–H groups in total. The van der Waals surface area contributed by atoms with Crippen molar-refractivity contribution in [3.63, 3.8) is 0 Å². The molecule has 2 rings (SSSR count). The van der Waals surface area contributed by atoms with Gasteiger partial charge in [0.25, 0.3) is 0 Å². The van der Waals surface area contributed by atoms with Gasteiger partial charge in [0.2, 0.25) is 10.0 Å². The SMILES string of the molecule is COc1ccc(CCNC(=O)C(=O)NCc2ccc(S(N)(=O)=O)cc2)cc1. The molecular formula is C18H21N3O5S. The van der Waals surface area contributed by atoms with Crippen molar-refractivity contribution in [3.05, 3.63) is 59.7 Å². The van der Waals surface area contributed by atoms with Gasteiger partial charge in [-0.25, -0.2) is 13.6 Å². The molecule has 0 saturated heterocycles. The van der Waals surface area contributed by atoms with Crippen LogP contribution in [-0.2, 0) is 32.6 Å². The van der Waals surface area contributed by atoms with E-state index in [-0.39, 0.29) is 11.4 Å². The summed E-state index contributed by atoms with van der Waals surface area (Å²) >= 11 is 0. The van der Waals surface area contributed by atoms with Crippen molar-refractivity contribution in [2.45, 2.75) is 17.9 Å². The molecule has 0 saturated carbocycles. The summed E-state index contributed by atoms with van der Waals surface area (Å²) in [6, 6.07) is 13.1. The van der Waals surface area contributed by atoms with Crippen LogP contribution in [0, 0.1) is 0 Å². The predicted octanol–water partition coefficient (Wildman–Crippen LogP) is 0.318. The fourth-order valence-electron chi connectivity index (χ4n) is 2.25. The number of methoxy groups -OCH3 is 1. The third kappa shape index (κ3) is 6.39. The van der Waals surface area contributed by atoms with Crippen molar-refractivity contribution in [2.24, 2.45) is 5.14 Å². The van der Waals surface area contributed by atoms with Gasteiger partial charge < -0.3 is 15.4 Å². The molecule has 2 aromatic carbocycles. The van der Waals surface area contributed by atoms with E-state index in [2.05, 4.69) is 10.6 Å². The highest BCUT2D eigenvalue weighted by Crippen LogP contribution is 2.11. The molecule has 0 bridgehead atoms. The molecule has 27 heavy (non-hydrogen) atoms. The number of hydrogen-bond acceptors (Lipinski definition) is 5. The molecule has 0 fully saturated rings. The van der Waals surface area contributed by atoms with Crippen molar-refractivity contribution in [1.82, 2.24) is 10.6 Å². The Morgan fingerprint density at radius 1 is 0.926 bits per heavy atom. The molecule has 9 heteroatoms. The number of nitrogens with two attached hydrogens (primary N) is 1. The van der Waals surface area contributed by atoms with Crippen LogP contribution in [0.3, 0.4) is 0 Å². The summed E-state index contributed by atoms with van der Waals surface area (Å²) in [6.45, 7) is 0.414. The normalized spacial score (nSPS) is 10.9. The summed E-state index contributed by atoms with van der Waals surface area (Å²) in [6.07, 6.45) is 0.581. The first kappa shape index (κ1) is 20.4. The van der Waals surface area contributed by atoms with Gasteiger partial charge in [0, 0.05) is 13.1 Å². The van der Waals surface area contributed by atoms with Crippen molar-refractivity contribution in [2.75, 3.05) is 13.7 Å². The lowest BCUT2D eigenvalue weighted by Crippen LogP contribution is -2.40. The van der Waals surface area contributed by atoms with E-state index >= 15 is 0 Å². The van der Waals surface area contributed by atoms with E-state index in [0.717, 1.165) is 11.3 Å². The number of benzene rings is 2. The first-order valence-corrected chi connectivity index (χ1v) is 9.65. The van der Waals surface area contributed by atoms with Gasteiger partial charge in [-0.15, -0.1) is 0 Å². The highest BCUT2D eigenvalue weighted by atomic mass is 32.2. The Balaban J connectivity index is 1.75. The molecule has 0 aliphatic carbocycles. The molecule has 0 heterocycles. The number of primary sulfonamides is 1. The predicted molar refractivity (Wildman–Crippen MR) is 99.4 cm³/mol. The van der Waals surface area contributed by atoms with Gasteiger partial charge in [0.05, 0.1) is 12.0 Å². The van der Waals surface area contributed by atoms with E-state index in [0.29, 0.717) is 18.5 Å². The van der Waals surface area contributed by atoms with E-state index in [1.54, 1.807) is 7.11 Å². The minimum atomic E-state index is -3.76. The number of amides is 2. The second-order valence-corrected chi connectivity index (χ2v) is 7.29. The van der Waals surface area contributed by atoms with Gasteiger partial charge in [0.1, 0.15) is 5.75 Å². The zero-order valence-corrected chi connectivity index (χ0v) is 15.6. The molecule has 0 atom stereocenters. The number of nitrogens with one attached hydrogen (secondary N) is 2. The van der Waals surface area contributed by atoms with Gasteiger partial charge in [-0.05, 0) is 41.8 Å². The molecule has 2 aromatic rings. The minimum absolute atomic E-state index is 0.0196. The Labute approximate surface area is 157 Å². The van der Waals surface area contributed by atoms with Crippen molar-refractivity contribution >= 4 is 21.8 Å². The smallest absolute Gasteiger partial charge is 0.309 e. The second kappa shape index (κ2) is 9.15. The molecule has 0 aromatic heterocycles. The van der Waals surface area contributed by atoms with E-state index in [9.17, 15) is 18.0 Å². The Bertz CT molecular complexity index is 894. The molecule has 144 valence electrons. The zero-order valence-electron chi connectivity index (χ0n) is 14.8. The summed E-state index contributed by atoms with van der Waals surface area (Å²) in [4.78, 5) is 23.6. The zero-order chi connectivity index (χ0) is 19.9. The lowest BCUT2D eigenvalue weighted by atomic mass is 10.1. The summed E-state index contributed by atoms with van der Waals surface area (Å²) in [5, 5.41) is 10.0. The number of ether oxygens (including phenoxy) is 1. The summed E-state index contributed by atoms with van der Waals surface area (Å²) in [7, 11) is -2.17. The van der Waals surface area contributed by atoms with Crippen LogP contribution < -0.4 is 20.5 Å². The molecule has 0 radical (unpaired) electrons. The van der Waals surface area contributed by atoms with Crippen molar-refractivity contribution < 1.29 is 22.7 Å². The second-order valence-electron chi connectivity index (χ2n) is 5.73. The topological polar surface area (TPSA) is 128 Å². The maximum atomic E-state index is 11.8. The van der Waals surface area contributed by atoms with Crippen LogP contribution in [0.1, 0.15) is 11.1 Å². The van der Waals surface area contributed by atoms with Gasteiger partial charge in [-0.1, -0.05) is 24.3 Å². The maximum Gasteiger partial charge on any atom is 0.309 e. The van der Waals surface area contributed by atoms with Crippen molar-refractivity contribution in [3.8, 4) is 5.75 Å². The van der Waals surface area contributed by atoms with Gasteiger partial charge in [-0.3, -0.25) is 9.59 Å². The van der Waals surface area contributed by atoms with Gasteiger partial charge in [-0.2, -0.15) is 0 Å². The minimum Gasteiger partial charge on any atom is -0.497 e. The number of hydrogen-bond donors (Lipinski definition) is 3. The summed E-state index contributed by atoms with van der Waals surface area (Å²) in [5.74, 6) is -0.746. The van der Waals surface area contributed by atoms with Gasteiger partial charge in [0.15, 0.2) is 0 Å². The Morgan fingerprint density at radius 2 is 1.48 bits per heavy atom. The third-order valence-electron chi connectivity index (χ3n) is 3.77. The molecule has 0 unspecified atom stereocenters. The molecule has 0 aliphatic rings. The number of carbonyl (C=O) groups is 2. The Hall–Kier alpha value is -2.91. The van der Waals surface area contributed by atoms with Crippen molar-refractivity contribution in [1.29, 1.82) is 0 Å². The fourth-order valence-corrected chi connectivity index (χ4v) is 2.77. The summed E-state index contributed by atoms with van der Waals surface area (Å²) < 4.78 is 27.4. The number of sulfonamides is 1. The molecule has 0 spiro atoms. The largest absolute Gasteiger partial charge is 0.497 e. The molecule has 0 aliphatic heterocycles. The fraction of sp³-hybridized carbons (Fsp3) is 0.222. The molecule has 2 amide bonds. The molecular weight excluding hydrogens is 370 g/mol. The molecule has 8 nitrogen and oxygen atoms in total. The van der Waals surface area contributed by atoms with E-state index in [1.807, 2.05) is 24.3 Å². The summed E-state index contributed by atoms with van der Waals surface area (Å²) in [5.41, 5.74) is 1.65. The Kier molecular flexibility index (Phi) is 6.91. The monoisotopic (exact) mass is 391 g/mol. The van der Waals surface area contributed by atoms with Crippen LogP contribution in [0.4, 0.5) is 0 Å². The van der Waals surface area contributed by atoms with E-state index in [4.69, 9.17) is 9.88 Å². The van der Waals surface area contributed by atoms with Crippen LogP contribution in [0.5, 0.6) is 5.75 Å². The maximum absolute atomic E-state index is 11.8. The average Bonchev–Trinajstić information content (AvgIpc) is 2.66. The highest BCUT2D eigenvalue weighted by molar-refractivity contribution is 7.89. The third-order valence-corrected chi connectivity index (χ3v) is 4.70. The average molecular weight is 391 g/mol.